The summed E-state index contributed by atoms with van der Waals surface area (Å²) in [5.41, 5.74) is -0.280. The largest absolute Gasteiger partial charge is 0.384 e. The zero-order valence-corrected chi connectivity index (χ0v) is 13.9. The number of urea groups is 1. The van der Waals surface area contributed by atoms with Crippen molar-refractivity contribution in [2.24, 2.45) is 0 Å². The van der Waals surface area contributed by atoms with Gasteiger partial charge in [-0.15, -0.1) is 0 Å². The van der Waals surface area contributed by atoms with Gasteiger partial charge in [-0.3, -0.25) is 0 Å². The van der Waals surface area contributed by atoms with E-state index in [1.54, 1.807) is 6.92 Å². The third-order valence-electron chi connectivity index (χ3n) is 3.27. The molecule has 0 radical (unpaired) electrons. The predicted molar refractivity (Wildman–Crippen MR) is 89.6 cm³/mol. The number of nitrogens with one attached hydrogen (secondary N) is 2. The van der Waals surface area contributed by atoms with Crippen molar-refractivity contribution in [2.45, 2.75) is 38.8 Å². The Morgan fingerprint density at radius 1 is 1.38 bits per heavy atom. The van der Waals surface area contributed by atoms with Crippen LogP contribution in [0.3, 0.4) is 0 Å². The first-order chi connectivity index (χ1) is 9.95. The number of amides is 2. The Kier molecular flexibility index (Phi) is 7.61. The van der Waals surface area contributed by atoms with Gasteiger partial charge in [-0.05, 0) is 37.3 Å². The molecule has 3 N–H and O–H groups in total. The van der Waals surface area contributed by atoms with Crippen LogP contribution < -0.4 is 10.6 Å². The third-order valence-corrected chi connectivity index (χ3v) is 4.20. The Morgan fingerprint density at radius 2 is 2.05 bits per heavy atom. The van der Waals surface area contributed by atoms with Crippen molar-refractivity contribution in [1.29, 1.82) is 0 Å². The summed E-state index contributed by atoms with van der Waals surface area (Å²) in [7, 11) is 0. The van der Waals surface area contributed by atoms with Gasteiger partial charge in [0.25, 0.3) is 0 Å². The van der Waals surface area contributed by atoms with E-state index in [1.807, 2.05) is 49.0 Å². The molecule has 2 amide bonds. The van der Waals surface area contributed by atoms with Crippen molar-refractivity contribution < 1.29 is 9.90 Å². The highest BCUT2D eigenvalue weighted by molar-refractivity contribution is 7.99. The molecular weight excluding hydrogens is 284 g/mol. The smallest absolute Gasteiger partial charge is 0.315 e. The lowest BCUT2D eigenvalue weighted by molar-refractivity contribution is 0.0593. The summed E-state index contributed by atoms with van der Waals surface area (Å²) >= 11 is 1.87. The highest BCUT2D eigenvalue weighted by atomic mass is 32.2. The molecule has 0 aromatic heterocycles. The Labute approximate surface area is 131 Å². The predicted octanol–water partition coefficient (Wildman–Crippen LogP) is 2.73. The minimum Gasteiger partial charge on any atom is -0.384 e. The van der Waals surface area contributed by atoms with Gasteiger partial charge in [-0.1, -0.05) is 37.3 Å². The van der Waals surface area contributed by atoms with E-state index in [0.29, 0.717) is 0 Å². The van der Waals surface area contributed by atoms with E-state index in [9.17, 15) is 9.90 Å². The zero-order chi connectivity index (χ0) is 15.7. The van der Waals surface area contributed by atoms with Crippen molar-refractivity contribution in [1.82, 2.24) is 10.6 Å². The van der Waals surface area contributed by atoms with E-state index in [4.69, 9.17) is 0 Å². The summed E-state index contributed by atoms with van der Waals surface area (Å²) in [5, 5.41) is 16.0. The number of carbonyl (C=O) groups excluding carboxylic acids is 1. The second kappa shape index (κ2) is 8.95. The first-order valence-electron chi connectivity index (χ1n) is 7.35. The van der Waals surface area contributed by atoms with Gasteiger partial charge < -0.3 is 15.7 Å². The summed E-state index contributed by atoms with van der Waals surface area (Å²) in [6.45, 7) is 6.00. The molecule has 0 aliphatic heterocycles. The van der Waals surface area contributed by atoms with Gasteiger partial charge in [0.2, 0.25) is 0 Å². The van der Waals surface area contributed by atoms with Crippen molar-refractivity contribution in [3.8, 4) is 0 Å². The minimum absolute atomic E-state index is 0.130. The molecule has 0 aliphatic rings. The van der Waals surface area contributed by atoms with Crippen molar-refractivity contribution >= 4 is 17.8 Å². The lowest BCUT2D eigenvalue weighted by Crippen LogP contribution is -2.46. The van der Waals surface area contributed by atoms with Gasteiger partial charge in [-0.2, -0.15) is 11.8 Å². The average Bonchev–Trinajstić information content (AvgIpc) is 2.46. The summed E-state index contributed by atoms with van der Waals surface area (Å²) in [4.78, 5) is 11.8. The fourth-order valence-corrected chi connectivity index (χ4v) is 2.71. The van der Waals surface area contributed by atoms with Crippen LogP contribution in [0.4, 0.5) is 4.79 Å². The maximum atomic E-state index is 11.8. The van der Waals surface area contributed by atoms with Gasteiger partial charge in [0.15, 0.2) is 0 Å². The zero-order valence-electron chi connectivity index (χ0n) is 13.1. The molecule has 0 saturated carbocycles. The molecule has 4 nitrogen and oxygen atoms in total. The summed E-state index contributed by atoms with van der Waals surface area (Å²) in [6, 6.07) is 9.24. The molecule has 5 heteroatoms. The number of carbonyl (C=O) groups is 1. The Bertz CT molecular complexity index is 424. The van der Waals surface area contributed by atoms with E-state index in [1.165, 1.54) is 0 Å². The molecule has 1 aromatic carbocycles. The average molecular weight is 310 g/mol. The van der Waals surface area contributed by atoms with E-state index in [2.05, 4.69) is 17.6 Å². The van der Waals surface area contributed by atoms with Gasteiger partial charge in [-0.25, -0.2) is 4.79 Å². The molecule has 21 heavy (non-hydrogen) atoms. The maximum absolute atomic E-state index is 11.8. The van der Waals surface area contributed by atoms with Crippen molar-refractivity contribution in [3.63, 3.8) is 0 Å². The van der Waals surface area contributed by atoms with E-state index >= 15 is 0 Å². The fraction of sp³-hybridized carbons (Fsp3) is 0.562. The number of hydrogen-bond donors (Lipinski definition) is 3. The van der Waals surface area contributed by atoms with E-state index in [-0.39, 0.29) is 18.6 Å². The summed E-state index contributed by atoms with van der Waals surface area (Å²) < 4.78 is 0. The Balaban J connectivity index is 2.35. The molecule has 1 aromatic rings. The molecule has 0 fully saturated rings. The van der Waals surface area contributed by atoms with Crippen LogP contribution in [-0.2, 0) is 5.60 Å². The summed E-state index contributed by atoms with van der Waals surface area (Å²) in [6.07, 6.45) is 0.945. The SMILES string of the molecule is CCSCCC(C)NC(=O)NCC(C)(O)c1ccccc1. The molecule has 118 valence electrons. The lowest BCUT2D eigenvalue weighted by atomic mass is 9.96. The fourth-order valence-electron chi connectivity index (χ4n) is 1.90. The second-order valence-corrected chi connectivity index (χ2v) is 6.75. The van der Waals surface area contributed by atoms with Crippen molar-refractivity contribution in [2.75, 3.05) is 18.1 Å². The van der Waals surface area contributed by atoms with E-state index < -0.39 is 5.60 Å². The van der Waals surface area contributed by atoms with Crippen LogP contribution in [0, 0.1) is 0 Å². The molecular formula is C16H26N2O2S. The molecule has 0 aliphatic carbocycles. The third kappa shape index (κ3) is 6.87. The second-order valence-electron chi connectivity index (χ2n) is 5.35. The standard InChI is InChI=1S/C16H26N2O2S/c1-4-21-11-10-13(2)18-15(19)17-12-16(3,20)14-8-6-5-7-9-14/h5-9,13,20H,4,10-12H2,1-3H3,(H2,17,18,19). The number of rotatable bonds is 8. The minimum atomic E-state index is -1.07. The van der Waals surface area contributed by atoms with Gasteiger partial charge in [0.05, 0.1) is 6.54 Å². The lowest BCUT2D eigenvalue weighted by Gasteiger charge is -2.25. The van der Waals surface area contributed by atoms with Crippen LogP contribution in [0.2, 0.25) is 0 Å². The highest BCUT2D eigenvalue weighted by Gasteiger charge is 2.23. The Hall–Kier alpha value is -1.20. The first kappa shape index (κ1) is 17.9. The monoisotopic (exact) mass is 310 g/mol. The van der Waals surface area contributed by atoms with Crippen LogP contribution in [-0.4, -0.2) is 35.2 Å². The molecule has 1 rings (SSSR count). The number of aliphatic hydroxyl groups is 1. The van der Waals surface area contributed by atoms with Crippen LogP contribution in [0.5, 0.6) is 0 Å². The molecule has 0 heterocycles. The Morgan fingerprint density at radius 3 is 2.67 bits per heavy atom. The highest BCUT2D eigenvalue weighted by Crippen LogP contribution is 2.18. The molecule has 0 spiro atoms. The van der Waals surface area contributed by atoms with Gasteiger partial charge in [0, 0.05) is 6.04 Å². The first-order valence-corrected chi connectivity index (χ1v) is 8.51. The van der Waals surface area contributed by atoms with Crippen LogP contribution >= 0.6 is 11.8 Å². The van der Waals surface area contributed by atoms with Crippen LogP contribution in [0.15, 0.2) is 30.3 Å². The van der Waals surface area contributed by atoms with Crippen molar-refractivity contribution in [3.05, 3.63) is 35.9 Å². The van der Waals surface area contributed by atoms with Crippen LogP contribution in [0.1, 0.15) is 32.8 Å². The normalized spacial score (nSPS) is 15.0. The molecule has 2 atom stereocenters. The summed E-state index contributed by atoms with van der Waals surface area (Å²) in [5.74, 6) is 2.14. The van der Waals surface area contributed by atoms with Gasteiger partial charge >= 0.3 is 6.03 Å². The number of benzene rings is 1. The molecule has 0 saturated heterocycles. The van der Waals surface area contributed by atoms with E-state index in [0.717, 1.165) is 23.5 Å². The maximum Gasteiger partial charge on any atom is 0.315 e. The molecule has 0 bridgehead atoms. The number of hydrogen-bond acceptors (Lipinski definition) is 3. The number of thioether (sulfide) groups is 1. The van der Waals surface area contributed by atoms with Crippen LogP contribution in [0.25, 0.3) is 0 Å². The topological polar surface area (TPSA) is 61.4 Å². The van der Waals surface area contributed by atoms with Gasteiger partial charge in [0.1, 0.15) is 5.60 Å². The quantitative estimate of drug-likeness (QED) is 0.647. The molecule has 2 unspecified atom stereocenters.